The molecule has 1 N–H and O–H groups in total. The minimum atomic E-state index is -0.848. The quantitative estimate of drug-likeness (QED) is 0.884. The summed E-state index contributed by atoms with van der Waals surface area (Å²) in [5, 5.41) is 8.97. The van der Waals surface area contributed by atoms with E-state index < -0.39 is 5.97 Å². The Kier molecular flexibility index (Phi) is 4.59. The smallest absolute Gasteiger partial charge is 0.335 e. The molecule has 1 fully saturated rings. The van der Waals surface area contributed by atoms with E-state index in [-0.39, 0.29) is 0 Å². The van der Waals surface area contributed by atoms with Gasteiger partial charge in [-0.2, -0.15) is 0 Å². The van der Waals surface area contributed by atoms with Gasteiger partial charge in [-0.15, -0.1) is 0 Å². The molecule has 1 atom stereocenters. The molecule has 0 aromatic heterocycles. The van der Waals surface area contributed by atoms with Crippen LogP contribution in [0.3, 0.4) is 0 Å². The molecule has 0 bridgehead atoms. The topological polar surface area (TPSA) is 40.5 Å². The average molecular weight is 261 g/mol. The van der Waals surface area contributed by atoms with Gasteiger partial charge in [0.1, 0.15) is 0 Å². The fraction of sp³-hybridized carbons (Fsp3) is 0.562. The minimum absolute atomic E-state index is 0.381. The van der Waals surface area contributed by atoms with Crippen LogP contribution in [-0.2, 0) is 6.54 Å². The summed E-state index contributed by atoms with van der Waals surface area (Å²) < 4.78 is 0. The Bertz CT molecular complexity index is 456. The zero-order chi connectivity index (χ0) is 13.8. The van der Waals surface area contributed by atoms with Crippen molar-refractivity contribution in [1.82, 2.24) is 4.90 Å². The van der Waals surface area contributed by atoms with Gasteiger partial charge < -0.3 is 5.11 Å². The normalized spacial score (nSPS) is 19.8. The maximum absolute atomic E-state index is 10.9. The van der Waals surface area contributed by atoms with E-state index in [1.807, 2.05) is 13.0 Å². The highest BCUT2D eigenvalue weighted by molar-refractivity contribution is 5.87. The lowest BCUT2D eigenvalue weighted by Gasteiger charge is -2.17. The van der Waals surface area contributed by atoms with Crippen molar-refractivity contribution in [3.8, 4) is 0 Å². The summed E-state index contributed by atoms with van der Waals surface area (Å²) in [4.78, 5) is 13.4. The van der Waals surface area contributed by atoms with Crippen molar-refractivity contribution >= 4 is 5.97 Å². The molecular formula is C16H23NO2. The van der Waals surface area contributed by atoms with Crippen LogP contribution in [0.5, 0.6) is 0 Å². The predicted molar refractivity (Wildman–Crippen MR) is 76.4 cm³/mol. The maximum Gasteiger partial charge on any atom is 0.335 e. The first-order chi connectivity index (χ1) is 9.10. The number of likely N-dealkylation sites (tertiary alicyclic amines) is 1. The lowest BCUT2D eigenvalue weighted by atomic mass is 10.0. The molecule has 3 heteroatoms. The number of hydrogen-bond acceptors (Lipinski definition) is 2. The highest BCUT2D eigenvalue weighted by Gasteiger charge is 2.22. The predicted octanol–water partition coefficient (Wildman–Crippen LogP) is 3.32. The Balaban J connectivity index is 1.98. The Morgan fingerprint density at radius 3 is 2.89 bits per heavy atom. The van der Waals surface area contributed by atoms with Crippen molar-refractivity contribution in [3.05, 3.63) is 34.9 Å². The van der Waals surface area contributed by atoms with Gasteiger partial charge in [-0.25, -0.2) is 4.79 Å². The number of aryl methyl sites for hydroxylation is 1. The number of aromatic carboxylic acids is 1. The van der Waals surface area contributed by atoms with Gasteiger partial charge in [0, 0.05) is 13.1 Å². The molecule has 3 nitrogen and oxygen atoms in total. The Labute approximate surface area is 115 Å². The molecule has 2 rings (SSSR count). The van der Waals surface area contributed by atoms with Crippen molar-refractivity contribution in [2.45, 2.75) is 39.7 Å². The van der Waals surface area contributed by atoms with Gasteiger partial charge in [0.15, 0.2) is 0 Å². The number of carboxylic acid groups (broad SMARTS) is 1. The lowest BCUT2D eigenvalue weighted by molar-refractivity contribution is 0.0696. The summed E-state index contributed by atoms with van der Waals surface area (Å²) in [6.45, 7) is 7.56. The van der Waals surface area contributed by atoms with Crippen molar-refractivity contribution < 1.29 is 9.90 Å². The second kappa shape index (κ2) is 6.20. The van der Waals surface area contributed by atoms with Gasteiger partial charge in [-0.05, 0) is 55.5 Å². The molecular weight excluding hydrogens is 238 g/mol. The lowest BCUT2D eigenvalue weighted by Crippen LogP contribution is -2.20. The summed E-state index contributed by atoms with van der Waals surface area (Å²) in [5.41, 5.74) is 2.72. The van der Waals surface area contributed by atoms with Crippen molar-refractivity contribution in [3.63, 3.8) is 0 Å². The third kappa shape index (κ3) is 3.57. The molecule has 1 aromatic rings. The molecule has 0 saturated carbocycles. The van der Waals surface area contributed by atoms with Crippen LogP contribution in [0.1, 0.15) is 47.7 Å². The molecule has 1 aliphatic heterocycles. The van der Waals surface area contributed by atoms with E-state index in [0.717, 1.165) is 18.0 Å². The number of hydrogen-bond donors (Lipinski definition) is 1. The van der Waals surface area contributed by atoms with Crippen LogP contribution < -0.4 is 0 Å². The van der Waals surface area contributed by atoms with Crippen molar-refractivity contribution in [2.75, 3.05) is 13.1 Å². The molecule has 1 unspecified atom stereocenters. The highest BCUT2D eigenvalue weighted by atomic mass is 16.4. The highest BCUT2D eigenvalue weighted by Crippen LogP contribution is 2.23. The second-order valence-electron chi connectivity index (χ2n) is 5.62. The van der Waals surface area contributed by atoms with Crippen LogP contribution in [0.2, 0.25) is 0 Å². The molecule has 104 valence electrons. The van der Waals surface area contributed by atoms with Gasteiger partial charge in [-0.1, -0.05) is 19.4 Å². The van der Waals surface area contributed by atoms with E-state index in [4.69, 9.17) is 5.11 Å². The van der Waals surface area contributed by atoms with E-state index in [1.165, 1.54) is 37.9 Å². The van der Waals surface area contributed by atoms with Crippen LogP contribution in [0.25, 0.3) is 0 Å². The Morgan fingerprint density at radius 2 is 2.26 bits per heavy atom. The monoisotopic (exact) mass is 261 g/mol. The third-order valence-corrected chi connectivity index (χ3v) is 4.05. The van der Waals surface area contributed by atoms with E-state index in [9.17, 15) is 4.79 Å². The van der Waals surface area contributed by atoms with Crippen LogP contribution in [-0.4, -0.2) is 29.1 Å². The van der Waals surface area contributed by atoms with Crippen LogP contribution in [0, 0.1) is 12.8 Å². The van der Waals surface area contributed by atoms with E-state index >= 15 is 0 Å². The van der Waals surface area contributed by atoms with Crippen LogP contribution in [0.4, 0.5) is 0 Å². The number of rotatable bonds is 5. The Morgan fingerprint density at radius 1 is 1.47 bits per heavy atom. The van der Waals surface area contributed by atoms with Crippen molar-refractivity contribution in [1.29, 1.82) is 0 Å². The number of carbonyl (C=O) groups is 1. The standard InChI is InChI=1S/C16H23NO2/c1-3-4-13-7-8-17(10-13)11-15-6-5-14(16(18)19)9-12(15)2/h5-6,9,13H,3-4,7-8,10-11H2,1-2H3,(H,18,19). The molecule has 1 saturated heterocycles. The first-order valence-corrected chi connectivity index (χ1v) is 7.15. The number of benzene rings is 1. The number of nitrogens with zero attached hydrogens (tertiary/aromatic N) is 1. The molecule has 19 heavy (non-hydrogen) atoms. The molecule has 0 spiro atoms. The maximum atomic E-state index is 10.9. The molecule has 0 aliphatic carbocycles. The van der Waals surface area contributed by atoms with Crippen molar-refractivity contribution in [2.24, 2.45) is 5.92 Å². The largest absolute Gasteiger partial charge is 0.478 e. The van der Waals surface area contributed by atoms with Gasteiger partial charge >= 0.3 is 5.97 Å². The molecule has 1 heterocycles. The van der Waals surface area contributed by atoms with E-state index in [2.05, 4.69) is 11.8 Å². The summed E-state index contributed by atoms with van der Waals surface area (Å²) in [6.07, 6.45) is 3.90. The van der Waals surface area contributed by atoms with Crippen LogP contribution in [0.15, 0.2) is 18.2 Å². The summed E-state index contributed by atoms with van der Waals surface area (Å²) in [7, 11) is 0. The van der Waals surface area contributed by atoms with Gasteiger partial charge in [0.05, 0.1) is 5.56 Å². The van der Waals surface area contributed by atoms with E-state index in [1.54, 1.807) is 12.1 Å². The first-order valence-electron chi connectivity index (χ1n) is 7.15. The zero-order valence-electron chi connectivity index (χ0n) is 11.9. The van der Waals surface area contributed by atoms with Gasteiger partial charge in [-0.3, -0.25) is 4.90 Å². The van der Waals surface area contributed by atoms with Crippen LogP contribution >= 0.6 is 0 Å². The van der Waals surface area contributed by atoms with Gasteiger partial charge in [0.2, 0.25) is 0 Å². The molecule has 0 amide bonds. The minimum Gasteiger partial charge on any atom is -0.478 e. The SMILES string of the molecule is CCCC1CCN(Cc2ccc(C(=O)O)cc2C)C1. The third-order valence-electron chi connectivity index (χ3n) is 4.05. The number of carboxylic acids is 1. The van der Waals surface area contributed by atoms with E-state index in [0.29, 0.717) is 5.56 Å². The molecule has 1 aliphatic rings. The molecule has 0 radical (unpaired) electrons. The second-order valence-corrected chi connectivity index (χ2v) is 5.62. The van der Waals surface area contributed by atoms with Gasteiger partial charge in [0.25, 0.3) is 0 Å². The fourth-order valence-corrected chi connectivity index (χ4v) is 2.95. The first kappa shape index (κ1) is 14.1. The fourth-order valence-electron chi connectivity index (χ4n) is 2.95. The Hall–Kier alpha value is -1.35. The molecule has 1 aromatic carbocycles. The average Bonchev–Trinajstić information content (AvgIpc) is 2.79. The summed E-state index contributed by atoms with van der Waals surface area (Å²) in [5.74, 6) is 0.00225. The summed E-state index contributed by atoms with van der Waals surface area (Å²) >= 11 is 0. The summed E-state index contributed by atoms with van der Waals surface area (Å²) in [6, 6.07) is 5.45. The zero-order valence-corrected chi connectivity index (χ0v) is 11.9.